The van der Waals surface area contributed by atoms with E-state index in [1.807, 2.05) is 6.26 Å². The lowest BCUT2D eigenvalue weighted by Crippen LogP contribution is -2.55. The Morgan fingerprint density at radius 2 is 2.22 bits per heavy atom. The summed E-state index contributed by atoms with van der Waals surface area (Å²) in [4.78, 5) is 11.4. The summed E-state index contributed by atoms with van der Waals surface area (Å²) in [5.41, 5.74) is 10.6. The number of carbonyl (C=O) groups excluding carboxylic acids is 1. The zero-order chi connectivity index (χ0) is 13.2. The molecule has 18 heavy (non-hydrogen) atoms. The van der Waals surface area contributed by atoms with Crippen molar-refractivity contribution in [2.45, 2.75) is 45.2 Å². The van der Waals surface area contributed by atoms with E-state index < -0.39 is 11.4 Å². The largest absolute Gasteiger partial charge is 0.368 e. The monoisotopic (exact) mass is 304 g/mol. The Morgan fingerprint density at radius 1 is 1.50 bits per heavy atom. The van der Waals surface area contributed by atoms with E-state index in [1.54, 1.807) is 34.9 Å². The molecule has 0 spiro atoms. The Hall–Kier alpha value is -0.310. The van der Waals surface area contributed by atoms with Gasteiger partial charge < -0.3 is 11.5 Å². The Labute approximate surface area is 118 Å². The molecule has 1 heterocycles. The van der Waals surface area contributed by atoms with Gasteiger partial charge in [-0.15, -0.1) is 10.2 Å². The van der Waals surface area contributed by atoms with Crippen LogP contribution in [0.25, 0.3) is 0 Å². The lowest BCUT2D eigenvalue weighted by molar-refractivity contribution is -0.124. The first-order valence-corrected chi connectivity index (χ1v) is 8.58. The zero-order valence-electron chi connectivity index (χ0n) is 10.1. The molecule has 100 valence electrons. The predicted octanol–water partition coefficient (Wildman–Crippen LogP) is 1.48. The molecular formula is C10H16N4OS3. The molecule has 2 unspecified atom stereocenters. The summed E-state index contributed by atoms with van der Waals surface area (Å²) in [5, 5.41) is 8.49. The SMILES string of the molecule is CSc1nnc(SC2CCCC(N)(C(N)=O)C2)s1. The molecule has 0 aliphatic heterocycles. The van der Waals surface area contributed by atoms with E-state index in [2.05, 4.69) is 10.2 Å². The number of carbonyl (C=O) groups is 1. The van der Waals surface area contributed by atoms with Gasteiger partial charge in [-0.25, -0.2) is 0 Å². The van der Waals surface area contributed by atoms with Crippen LogP contribution in [0, 0.1) is 0 Å². The lowest BCUT2D eigenvalue weighted by Gasteiger charge is -2.34. The first-order valence-electron chi connectivity index (χ1n) is 5.66. The molecule has 1 saturated carbocycles. The van der Waals surface area contributed by atoms with Gasteiger partial charge in [0.1, 0.15) is 0 Å². The summed E-state index contributed by atoms with van der Waals surface area (Å²) in [6.45, 7) is 0. The Morgan fingerprint density at radius 3 is 2.83 bits per heavy atom. The number of hydrogen-bond acceptors (Lipinski definition) is 7. The fraction of sp³-hybridized carbons (Fsp3) is 0.700. The minimum atomic E-state index is -0.844. The Kier molecular flexibility index (Phi) is 4.52. The maximum Gasteiger partial charge on any atom is 0.237 e. The molecule has 1 fully saturated rings. The summed E-state index contributed by atoms with van der Waals surface area (Å²) < 4.78 is 1.90. The quantitative estimate of drug-likeness (QED) is 0.818. The third-order valence-electron chi connectivity index (χ3n) is 3.06. The van der Waals surface area contributed by atoms with E-state index in [-0.39, 0.29) is 0 Å². The summed E-state index contributed by atoms with van der Waals surface area (Å²) in [5.74, 6) is -0.394. The molecule has 1 amide bonds. The molecular weight excluding hydrogens is 288 g/mol. The third-order valence-corrected chi connectivity index (χ3v) is 6.31. The van der Waals surface area contributed by atoms with Gasteiger partial charge in [0.25, 0.3) is 0 Å². The fourth-order valence-corrected chi connectivity index (χ4v) is 5.09. The number of nitrogens with two attached hydrogens (primary N) is 2. The van der Waals surface area contributed by atoms with E-state index in [4.69, 9.17) is 11.5 Å². The normalized spacial score (nSPS) is 28.2. The van der Waals surface area contributed by atoms with Gasteiger partial charge in [0.05, 0.1) is 5.54 Å². The lowest BCUT2D eigenvalue weighted by atomic mass is 9.82. The first-order chi connectivity index (χ1) is 8.53. The molecule has 5 nitrogen and oxygen atoms in total. The third kappa shape index (κ3) is 3.17. The van der Waals surface area contributed by atoms with Gasteiger partial charge in [0, 0.05) is 5.25 Å². The van der Waals surface area contributed by atoms with Crippen molar-refractivity contribution in [2.24, 2.45) is 11.5 Å². The van der Waals surface area contributed by atoms with Crippen LogP contribution in [-0.2, 0) is 4.79 Å². The van der Waals surface area contributed by atoms with E-state index in [9.17, 15) is 4.79 Å². The van der Waals surface area contributed by atoms with Crippen molar-refractivity contribution in [3.05, 3.63) is 0 Å². The highest BCUT2D eigenvalue weighted by Crippen LogP contribution is 2.39. The maximum absolute atomic E-state index is 11.4. The Balaban J connectivity index is 1.99. The summed E-state index contributed by atoms with van der Waals surface area (Å²) in [7, 11) is 0. The standard InChI is InChI=1S/C10H16N4OS3/c1-16-8-13-14-9(18-8)17-6-3-2-4-10(12,5-6)7(11)15/h6H,2-5,12H2,1H3,(H2,11,15). The van der Waals surface area contributed by atoms with Crippen LogP contribution in [0.3, 0.4) is 0 Å². The minimum Gasteiger partial charge on any atom is -0.368 e. The smallest absolute Gasteiger partial charge is 0.237 e. The van der Waals surface area contributed by atoms with Crippen LogP contribution < -0.4 is 11.5 Å². The molecule has 0 aromatic carbocycles. The van der Waals surface area contributed by atoms with Crippen LogP contribution in [0.2, 0.25) is 0 Å². The van der Waals surface area contributed by atoms with Crippen LogP contribution >= 0.6 is 34.9 Å². The highest BCUT2D eigenvalue weighted by atomic mass is 32.2. The molecule has 2 atom stereocenters. The van der Waals surface area contributed by atoms with Crippen molar-refractivity contribution in [1.29, 1.82) is 0 Å². The molecule has 1 aliphatic rings. The van der Waals surface area contributed by atoms with Crippen LogP contribution in [0.15, 0.2) is 8.68 Å². The molecule has 1 aliphatic carbocycles. The molecule has 4 N–H and O–H groups in total. The van der Waals surface area contributed by atoms with Crippen LogP contribution in [0.4, 0.5) is 0 Å². The number of amides is 1. The molecule has 1 aromatic rings. The highest BCUT2D eigenvalue weighted by Gasteiger charge is 2.38. The van der Waals surface area contributed by atoms with Gasteiger partial charge in [0.15, 0.2) is 8.68 Å². The van der Waals surface area contributed by atoms with Gasteiger partial charge in [-0.1, -0.05) is 34.9 Å². The summed E-state index contributed by atoms with van der Waals surface area (Å²) in [6.07, 6.45) is 5.27. The maximum atomic E-state index is 11.4. The number of aromatic nitrogens is 2. The fourth-order valence-electron chi connectivity index (χ4n) is 2.05. The van der Waals surface area contributed by atoms with Crippen molar-refractivity contribution >= 4 is 40.8 Å². The number of nitrogens with zero attached hydrogens (tertiary/aromatic N) is 2. The van der Waals surface area contributed by atoms with Crippen molar-refractivity contribution in [1.82, 2.24) is 10.2 Å². The molecule has 1 aromatic heterocycles. The first kappa shape index (κ1) is 14.1. The molecule has 0 saturated heterocycles. The summed E-state index contributed by atoms with van der Waals surface area (Å²) in [6, 6.07) is 0. The van der Waals surface area contributed by atoms with Crippen molar-refractivity contribution in [2.75, 3.05) is 6.26 Å². The number of primary amides is 1. The molecule has 0 radical (unpaired) electrons. The van der Waals surface area contributed by atoms with Gasteiger partial charge in [-0.05, 0) is 31.9 Å². The average molecular weight is 304 g/mol. The van der Waals surface area contributed by atoms with E-state index in [0.29, 0.717) is 18.1 Å². The Bertz CT molecular complexity index is 439. The topological polar surface area (TPSA) is 94.9 Å². The van der Waals surface area contributed by atoms with E-state index in [1.165, 1.54) is 0 Å². The minimum absolute atomic E-state index is 0.305. The van der Waals surface area contributed by atoms with Crippen LogP contribution in [0.1, 0.15) is 25.7 Å². The molecule has 0 bridgehead atoms. The van der Waals surface area contributed by atoms with E-state index >= 15 is 0 Å². The second-order valence-electron chi connectivity index (χ2n) is 4.39. The second kappa shape index (κ2) is 5.77. The van der Waals surface area contributed by atoms with Crippen LogP contribution in [0.5, 0.6) is 0 Å². The predicted molar refractivity (Wildman–Crippen MR) is 75.9 cm³/mol. The average Bonchev–Trinajstić information content (AvgIpc) is 2.76. The van der Waals surface area contributed by atoms with Gasteiger partial charge in [-0.3, -0.25) is 4.79 Å². The van der Waals surface area contributed by atoms with Crippen molar-refractivity contribution < 1.29 is 4.79 Å². The summed E-state index contributed by atoms with van der Waals surface area (Å²) >= 11 is 4.84. The van der Waals surface area contributed by atoms with Crippen molar-refractivity contribution in [3.63, 3.8) is 0 Å². The van der Waals surface area contributed by atoms with Crippen molar-refractivity contribution in [3.8, 4) is 0 Å². The van der Waals surface area contributed by atoms with Gasteiger partial charge in [-0.2, -0.15) is 0 Å². The van der Waals surface area contributed by atoms with Crippen LogP contribution in [-0.4, -0.2) is 33.1 Å². The second-order valence-corrected chi connectivity index (χ2v) is 7.97. The number of thioether (sulfide) groups is 2. The van der Waals surface area contributed by atoms with E-state index in [0.717, 1.165) is 21.5 Å². The highest BCUT2D eigenvalue weighted by molar-refractivity contribution is 8.03. The van der Waals surface area contributed by atoms with Gasteiger partial charge in [0.2, 0.25) is 5.91 Å². The number of rotatable bonds is 4. The van der Waals surface area contributed by atoms with Gasteiger partial charge >= 0.3 is 0 Å². The molecule has 2 rings (SSSR count). The zero-order valence-corrected chi connectivity index (χ0v) is 12.5. The number of hydrogen-bond donors (Lipinski definition) is 2. The molecule has 8 heteroatoms.